The fourth-order valence-electron chi connectivity index (χ4n) is 2.93. The first-order valence-corrected chi connectivity index (χ1v) is 7.60. The lowest BCUT2D eigenvalue weighted by molar-refractivity contribution is 0.214. The normalized spacial score (nSPS) is 27.4. The van der Waals surface area contributed by atoms with Crippen molar-refractivity contribution in [2.24, 2.45) is 11.7 Å². The third kappa shape index (κ3) is 3.19. The van der Waals surface area contributed by atoms with Crippen LogP contribution in [0.15, 0.2) is 4.52 Å². The topological polar surface area (TPSA) is 71.4 Å². The van der Waals surface area contributed by atoms with Crippen molar-refractivity contribution < 1.29 is 4.52 Å². The molecule has 2 N–H and O–H groups in total. The SMILES string of the molecule is CN1CCCN(C)C(c2noc(CC(N)C3CC3)n2)C1. The van der Waals surface area contributed by atoms with Gasteiger partial charge in [0.2, 0.25) is 5.89 Å². The van der Waals surface area contributed by atoms with E-state index >= 15 is 0 Å². The molecule has 6 heteroatoms. The fourth-order valence-corrected chi connectivity index (χ4v) is 2.93. The largest absolute Gasteiger partial charge is 0.339 e. The van der Waals surface area contributed by atoms with E-state index in [2.05, 4.69) is 34.0 Å². The second-order valence-corrected chi connectivity index (χ2v) is 6.36. The Balaban J connectivity index is 1.67. The van der Waals surface area contributed by atoms with Gasteiger partial charge in [-0.3, -0.25) is 4.90 Å². The molecule has 2 fully saturated rings. The number of hydrogen-bond acceptors (Lipinski definition) is 6. The zero-order chi connectivity index (χ0) is 14.1. The highest BCUT2D eigenvalue weighted by atomic mass is 16.5. The van der Waals surface area contributed by atoms with Crippen molar-refractivity contribution in [1.29, 1.82) is 0 Å². The van der Waals surface area contributed by atoms with Crippen LogP contribution in [0.4, 0.5) is 0 Å². The number of aromatic nitrogens is 2. The Morgan fingerprint density at radius 1 is 1.35 bits per heavy atom. The molecule has 3 rings (SSSR count). The number of nitrogens with two attached hydrogens (primary N) is 1. The smallest absolute Gasteiger partial charge is 0.228 e. The minimum atomic E-state index is 0.179. The number of likely N-dealkylation sites (N-methyl/N-ethyl adjacent to an activating group) is 2. The molecule has 2 aliphatic rings. The highest BCUT2D eigenvalue weighted by molar-refractivity contribution is 4.99. The van der Waals surface area contributed by atoms with Gasteiger partial charge in [0.15, 0.2) is 5.82 Å². The highest BCUT2D eigenvalue weighted by Gasteiger charge is 2.31. The molecular formula is C14H25N5O. The summed E-state index contributed by atoms with van der Waals surface area (Å²) in [6.07, 6.45) is 4.39. The van der Waals surface area contributed by atoms with Crippen LogP contribution in [0.1, 0.15) is 37.0 Å². The van der Waals surface area contributed by atoms with Crippen LogP contribution in [0.3, 0.4) is 0 Å². The third-order valence-electron chi connectivity index (χ3n) is 4.49. The lowest BCUT2D eigenvalue weighted by atomic mass is 10.1. The van der Waals surface area contributed by atoms with Gasteiger partial charge in [-0.15, -0.1) is 0 Å². The maximum absolute atomic E-state index is 6.13. The Bertz CT molecular complexity index is 445. The molecule has 6 nitrogen and oxygen atoms in total. The van der Waals surface area contributed by atoms with Crippen molar-refractivity contribution in [3.05, 3.63) is 11.7 Å². The van der Waals surface area contributed by atoms with Crippen LogP contribution in [0.25, 0.3) is 0 Å². The van der Waals surface area contributed by atoms with E-state index in [0.29, 0.717) is 18.2 Å². The van der Waals surface area contributed by atoms with Gasteiger partial charge in [0, 0.05) is 19.0 Å². The Morgan fingerprint density at radius 3 is 2.90 bits per heavy atom. The van der Waals surface area contributed by atoms with E-state index in [1.54, 1.807) is 0 Å². The van der Waals surface area contributed by atoms with Gasteiger partial charge in [-0.05, 0) is 52.4 Å². The average molecular weight is 279 g/mol. The van der Waals surface area contributed by atoms with Gasteiger partial charge in [-0.25, -0.2) is 0 Å². The van der Waals surface area contributed by atoms with Crippen LogP contribution in [-0.2, 0) is 6.42 Å². The molecule has 1 aliphatic heterocycles. The predicted molar refractivity (Wildman–Crippen MR) is 76.2 cm³/mol. The van der Waals surface area contributed by atoms with Gasteiger partial charge >= 0.3 is 0 Å². The molecule has 1 aromatic heterocycles. The van der Waals surface area contributed by atoms with E-state index in [0.717, 1.165) is 25.5 Å². The first kappa shape index (κ1) is 14.0. The number of hydrogen-bond donors (Lipinski definition) is 1. The molecule has 2 atom stereocenters. The summed E-state index contributed by atoms with van der Waals surface area (Å²) in [5.74, 6) is 2.16. The fraction of sp³-hybridized carbons (Fsp3) is 0.857. The summed E-state index contributed by atoms with van der Waals surface area (Å²) in [5, 5.41) is 4.19. The van der Waals surface area contributed by atoms with E-state index in [1.165, 1.54) is 19.3 Å². The standard InChI is InChI=1S/C14H25N5O/c1-18-6-3-7-19(2)12(9-18)14-16-13(20-17-14)8-11(15)10-4-5-10/h10-12H,3-9,15H2,1-2H3. The molecule has 20 heavy (non-hydrogen) atoms. The monoisotopic (exact) mass is 279 g/mol. The average Bonchev–Trinajstić information content (AvgIpc) is 3.18. The molecule has 2 unspecified atom stereocenters. The maximum Gasteiger partial charge on any atom is 0.228 e. The van der Waals surface area contributed by atoms with E-state index in [-0.39, 0.29) is 12.1 Å². The van der Waals surface area contributed by atoms with Gasteiger partial charge < -0.3 is 15.2 Å². The molecule has 112 valence electrons. The Morgan fingerprint density at radius 2 is 2.15 bits per heavy atom. The quantitative estimate of drug-likeness (QED) is 0.873. The van der Waals surface area contributed by atoms with Gasteiger partial charge in [0.05, 0.1) is 6.04 Å². The van der Waals surface area contributed by atoms with E-state index in [1.807, 2.05) is 0 Å². The first-order valence-electron chi connectivity index (χ1n) is 7.60. The molecule has 0 radical (unpaired) electrons. The van der Waals surface area contributed by atoms with Crippen molar-refractivity contribution in [3.63, 3.8) is 0 Å². The van der Waals surface area contributed by atoms with E-state index in [9.17, 15) is 0 Å². The van der Waals surface area contributed by atoms with Gasteiger partial charge in [0.25, 0.3) is 0 Å². The van der Waals surface area contributed by atoms with E-state index < -0.39 is 0 Å². The summed E-state index contributed by atoms with van der Waals surface area (Å²) >= 11 is 0. The van der Waals surface area contributed by atoms with E-state index in [4.69, 9.17) is 10.3 Å². The van der Waals surface area contributed by atoms with Crippen molar-refractivity contribution in [2.75, 3.05) is 33.7 Å². The second kappa shape index (κ2) is 5.79. The molecule has 1 aromatic rings. The first-order chi connectivity index (χ1) is 9.63. The minimum Gasteiger partial charge on any atom is -0.339 e. The van der Waals surface area contributed by atoms with Gasteiger partial charge in [0.1, 0.15) is 0 Å². The molecule has 0 aromatic carbocycles. The van der Waals surface area contributed by atoms with Crippen molar-refractivity contribution in [3.8, 4) is 0 Å². The highest BCUT2D eigenvalue weighted by Crippen LogP contribution is 2.32. The summed E-state index contributed by atoms with van der Waals surface area (Å²) < 4.78 is 5.40. The van der Waals surface area contributed by atoms with Crippen LogP contribution in [-0.4, -0.2) is 59.7 Å². The van der Waals surface area contributed by atoms with Crippen LogP contribution < -0.4 is 5.73 Å². The summed E-state index contributed by atoms with van der Waals surface area (Å²) in [5.41, 5.74) is 6.13. The van der Waals surface area contributed by atoms with Gasteiger partial charge in [-0.1, -0.05) is 5.16 Å². The molecule has 1 aliphatic carbocycles. The van der Waals surface area contributed by atoms with Crippen molar-refractivity contribution in [2.45, 2.75) is 37.8 Å². The number of rotatable bonds is 4. The zero-order valence-electron chi connectivity index (χ0n) is 12.5. The molecule has 1 saturated heterocycles. The molecule has 0 spiro atoms. The minimum absolute atomic E-state index is 0.179. The lowest BCUT2D eigenvalue weighted by Gasteiger charge is -2.24. The summed E-state index contributed by atoms with van der Waals surface area (Å²) in [6.45, 7) is 3.14. The summed E-state index contributed by atoms with van der Waals surface area (Å²) in [6, 6.07) is 0.398. The molecular weight excluding hydrogens is 254 g/mol. The molecule has 0 amide bonds. The summed E-state index contributed by atoms with van der Waals surface area (Å²) in [7, 11) is 4.28. The van der Waals surface area contributed by atoms with Crippen molar-refractivity contribution >= 4 is 0 Å². The maximum atomic E-state index is 6.13. The second-order valence-electron chi connectivity index (χ2n) is 6.36. The van der Waals surface area contributed by atoms with Crippen LogP contribution >= 0.6 is 0 Å². The van der Waals surface area contributed by atoms with Crippen molar-refractivity contribution in [1.82, 2.24) is 19.9 Å². The summed E-state index contributed by atoms with van der Waals surface area (Å²) in [4.78, 5) is 9.24. The van der Waals surface area contributed by atoms with Crippen LogP contribution in [0, 0.1) is 5.92 Å². The van der Waals surface area contributed by atoms with Gasteiger partial charge in [-0.2, -0.15) is 4.98 Å². The lowest BCUT2D eigenvalue weighted by Crippen LogP contribution is -2.31. The van der Waals surface area contributed by atoms with Crippen LogP contribution in [0.5, 0.6) is 0 Å². The molecule has 1 saturated carbocycles. The number of nitrogens with zero attached hydrogens (tertiary/aromatic N) is 4. The van der Waals surface area contributed by atoms with Crippen LogP contribution in [0.2, 0.25) is 0 Å². The zero-order valence-corrected chi connectivity index (χ0v) is 12.5. The molecule has 2 heterocycles. The Kier molecular flexibility index (Phi) is 4.05. The molecule has 0 bridgehead atoms. The third-order valence-corrected chi connectivity index (χ3v) is 4.49. The Hall–Kier alpha value is -0.980. The Labute approximate surface area is 120 Å². The predicted octanol–water partition coefficient (Wildman–Crippen LogP) is 0.658.